The topological polar surface area (TPSA) is 43.8 Å². The lowest BCUT2D eigenvalue weighted by molar-refractivity contribution is -0.151. The molecule has 1 aliphatic rings. The summed E-state index contributed by atoms with van der Waals surface area (Å²) in [6.07, 6.45) is 0. The minimum absolute atomic E-state index is 0.354. The minimum atomic E-state index is -1.62. The summed E-state index contributed by atoms with van der Waals surface area (Å²) in [5.74, 6) is -0.387. The zero-order chi connectivity index (χ0) is 16.4. The van der Waals surface area contributed by atoms with Crippen molar-refractivity contribution >= 4 is 23.2 Å². The van der Waals surface area contributed by atoms with E-state index in [9.17, 15) is 9.90 Å². The number of amides is 1. The quantitative estimate of drug-likeness (QED) is 0.877. The molecule has 0 bridgehead atoms. The van der Waals surface area contributed by atoms with Crippen LogP contribution in [-0.4, -0.2) is 31.7 Å². The Morgan fingerprint density at radius 2 is 1.43 bits per heavy atom. The highest BCUT2D eigenvalue weighted by atomic mass is 32.1. The van der Waals surface area contributed by atoms with Gasteiger partial charge in [0.25, 0.3) is 5.91 Å². The number of benzene rings is 2. The fourth-order valence-corrected chi connectivity index (χ4v) is 3.07. The maximum Gasteiger partial charge on any atom is 0.282 e. The van der Waals surface area contributed by atoms with Crippen molar-refractivity contribution in [1.29, 1.82) is 0 Å². The van der Waals surface area contributed by atoms with E-state index in [-0.39, 0.29) is 5.91 Å². The van der Waals surface area contributed by atoms with E-state index in [1.54, 1.807) is 4.90 Å². The Kier molecular flexibility index (Phi) is 4.15. The standard InChI is InChI=1S/C18H18N2O2S/c1-18(22)16(21)19(12-14-8-4-2-5-9-14)17(23)20(18)13-15-10-6-3-7-11-15/h2-11,22H,12-13H2,1H3. The number of rotatable bonds is 4. The van der Waals surface area contributed by atoms with E-state index in [0.717, 1.165) is 11.1 Å². The lowest BCUT2D eigenvalue weighted by atomic mass is 10.1. The molecule has 0 radical (unpaired) electrons. The molecule has 2 aromatic carbocycles. The molecule has 1 aliphatic heterocycles. The first-order valence-electron chi connectivity index (χ1n) is 7.44. The van der Waals surface area contributed by atoms with E-state index in [1.165, 1.54) is 11.8 Å². The van der Waals surface area contributed by atoms with Crippen molar-refractivity contribution in [3.05, 3.63) is 71.8 Å². The molecule has 1 heterocycles. The van der Waals surface area contributed by atoms with Gasteiger partial charge >= 0.3 is 0 Å². The second-order valence-electron chi connectivity index (χ2n) is 5.75. The normalized spacial score (nSPS) is 21.1. The van der Waals surface area contributed by atoms with E-state index >= 15 is 0 Å². The molecule has 0 aromatic heterocycles. The second-order valence-corrected chi connectivity index (χ2v) is 6.12. The highest BCUT2D eigenvalue weighted by Gasteiger charge is 2.50. The summed E-state index contributed by atoms with van der Waals surface area (Å²) in [7, 11) is 0. The second kappa shape index (κ2) is 6.10. The Morgan fingerprint density at radius 3 is 1.96 bits per heavy atom. The summed E-state index contributed by atoms with van der Waals surface area (Å²) in [6.45, 7) is 2.25. The third-order valence-corrected chi connectivity index (χ3v) is 4.45. The zero-order valence-corrected chi connectivity index (χ0v) is 13.7. The van der Waals surface area contributed by atoms with Gasteiger partial charge in [-0.05, 0) is 30.3 Å². The molecule has 0 aliphatic carbocycles. The molecular formula is C18H18N2O2S. The van der Waals surface area contributed by atoms with Gasteiger partial charge in [-0.15, -0.1) is 0 Å². The van der Waals surface area contributed by atoms with Gasteiger partial charge in [0.2, 0.25) is 5.72 Å². The van der Waals surface area contributed by atoms with Crippen LogP contribution in [0.25, 0.3) is 0 Å². The van der Waals surface area contributed by atoms with Gasteiger partial charge < -0.3 is 10.0 Å². The predicted octanol–water partition coefficient (Wildman–Crippen LogP) is 2.52. The average Bonchev–Trinajstić information content (AvgIpc) is 2.72. The Hall–Kier alpha value is -2.24. The van der Waals surface area contributed by atoms with E-state index < -0.39 is 5.72 Å². The number of carbonyl (C=O) groups excluding carboxylic acids is 1. The summed E-state index contributed by atoms with van der Waals surface area (Å²) in [5.41, 5.74) is 0.340. The van der Waals surface area contributed by atoms with Crippen LogP contribution in [0.3, 0.4) is 0 Å². The number of nitrogens with zero attached hydrogens (tertiary/aromatic N) is 2. The van der Waals surface area contributed by atoms with E-state index in [1.807, 2.05) is 60.7 Å². The largest absolute Gasteiger partial charge is 0.363 e. The Bertz CT molecular complexity index is 716. The van der Waals surface area contributed by atoms with Crippen molar-refractivity contribution in [3.8, 4) is 0 Å². The van der Waals surface area contributed by atoms with Gasteiger partial charge in [-0.2, -0.15) is 0 Å². The van der Waals surface area contributed by atoms with Crippen LogP contribution >= 0.6 is 12.2 Å². The van der Waals surface area contributed by atoms with Crippen molar-refractivity contribution in [3.63, 3.8) is 0 Å². The van der Waals surface area contributed by atoms with Gasteiger partial charge in [0.1, 0.15) is 0 Å². The van der Waals surface area contributed by atoms with Crippen molar-refractivity contribution in [2.45, 2.75) is 25.7 Å². The average molecular weight is 326 g/mol. The molecule has 0 spiro atoms. The summed E-state index contributed by atoms with van der Waals surface area (Å²) in [6, 6.07) is 19.3. The number of hydrogen-bond donors (Lipinski definition) is 1. The smallest absolute Gasteiger partial charge is 0.282 e. The zero-order valence-electron chi connectivity index (χ0n) is 12.8. The molecule has 1 atom stereocenters. The highest BCUT2D eigenvalue weighted by molar-refractivity contribution is 7.80. The Balaban J connectivity index is 1.84. The van der Waals surface area contributed by atoms with Crippen molar-refractivity contribution in [1.82, 2.24) is 9.80 Å². The first-order valence-corrected chi connectivity index (χ1v) is 7.85. The lowest BCUT2D eigenvalue weighted by Gasteiger charge is -2.28. The van der Waals surface area contributed by atoms with Crippen LogP contribution in [0.4, 0.5) is 0 Å². The molecule has 1 fully saturated rings. The molecular weight excluding hydrogens is 308 g/mol. The molecule has 1 N–H and O–H groups in total. The minimum Gasteiger partial charge on any atom is -0.363 e. The fraction of sp³-hybridized carbons (Fsp3) is 0.222. The van der Waals surface area contributed by atoms with E-state index in [4.69, 9.17) is 12.2 Å². The van der Waals surface area contributed by atoms with Gasteiger partial charge in [-0.1, -0.05) is 60.7 Å². The number of thiocarbonyl (C=S) groups is 1. The molecule has 1 unspecified atom stereocenters. The molecule has 1 amide bonds. The third kappa shape index (κ3) is 2.98. The van der Waals surface area contributed by atoms with Crippen LogP contribution in [-0.2, 0) is 17.9 Å². The predicted molar refractivity (Wildman–Crippen MR) is 92.2 cm³/mol. The third-order valence-electron chi connectivity index (χ3n) is 4.00. The van der Waals surface area contributed by atoms with Gasteiger partial charge in [0.05, 0.1) is 6.54 Å². The maximum atomic E-state index is 12.6. The maximum absolute atomic E-state index is 12.6. The monoisotopic (exact) mass is 326 g/mol. The van der Waals surface area contributed by atoms with Crippen LogP contribution in [0.2, 0.25) is 0 Å². The summed E-state index contributed by atoms with van der Waals surface area (Å²) in [4.78, 5) is 15.6. The summed E-state index contributed by atoms with van der Waals surface area (Å²) in [5, 5.41) is 11.0. The molecule has 2 aromatic rings. The Labute approximate surface area is 141 Å². The van der Waals surface area contributed by atoms with Gasteiger partial charge in [0, 0.05) is 6.54 Å². The van der Waals surface area contributed by atoms with Crippen molar-refractivity contribution < 1.29 is 9.90 Å². The Morgan fingerprint density at radius 1 is 0.957 bits per heavy atom. The SMILES string of the molecule is CC1(O)C(=O)N(Cc2ccccc2)C(=S)N1Cc1ccccc1. The molecule has 118 valence electrons. The van der Waals surface area contributed by atoms with Crippen LogP contribution in [0.1, 0.15) is 18.1 Å². The van der Waals surface area contributed by atoms with Crippen LogP contribution in [0.15, 0.2) is 60.7 Å². The molecule has 1 saturated heterocycles. The fourth-order valence-electron chi connectivity index (χ4n) is 2.68. The number of aliphatic hydroxyl groups is 1. The molecule has 4 nitrogen and oxygen atoms in total. The molecule has 23 heavy (non-hydrogen) atoms. The molecule has 0 saturated carbocycles. The van der Waals surface area contributed by atoms with Crippen LogP contribution in [0.5, 0.6) is 0 Å². The number of hydrogen-bond acceptors (Lipinski definition) is 3. The van der Waals surface area contributed by atoms with E-state index in [0.29, 0.717) is 18.2 Å². The van der Waals surface area contributed by atoms with Crippen LogP contribution < -0.4 is 0 Å². The lowest BCUT2D eigenvalue weighted by Crippen LogP contribution is -2.46. The summed E-state index contributed by atoms with van der Waals surface area (Å²) < 4.78 is 0. The highest BCUT2D eigenvalue weighted by Crippen LogP contribution is 2.29. The summed E-state index contributed by atoms with van der Waals surface area (Å²) >= 11 is 5.46. The van der Waals surface area contributed by atoms with Crippen molar-refractivity contribution in [2.75, 3.05) is 0 Å². The van der Waals surface area contributed by atoms with Crippen molar-refractivity contribution in [2.24, 2.45) is 0 Å². The van der Waals surface area contributed by atoms with Gasteiger partial charge in [0.15, 0.2) is 5.11 Å². The van der Waals surface area contributed by atoms with Gasteiger partial charge in [-0.3, -0.25) is 9.69 Å². The first kappa shape index (κ1) is 15.6. The number of carbonyl (C=O) groups is 1. The molecule has 5 heteroatoms. The van der Waals surface area contributed by atoms with E-state index in [2.05, 4.69) is 0 Å². The first-order chi connectivity index (χ1) is 11.0. The van der Waals surface area contributed by atoms with Crippen LogP contribution in [0, 0.1) is 0 Å². The molecule has 3 rings (SSSR count). The van der Waals surface area contributed by atoms with Gasteiger partial charge in [-0.25, -0.2) is 0 Å².